The predicted octanol–water partition coefficient (Wildman–Crippen LogP) is 2.53. The molecule has 0 atom stereocenters. The van der Waals surface area contributed by atoms with Crippen molar-refractivity contribution < 1.29 is 8.42 Å². The summed E-state index contributed by atoms with van der Waals surface area (Å²) in [7, 11) is -3.46. The van der Waals surface area contributed by atoms with Crippen molar-refractivity contribution in [2.24, 2.45) is 5.73 Å². The molecule has 0 spiro atoms. The van der Waals surface area contributed by atoms with Crippen molar-refractivity contribution in [1.29, 1.82) is 0 Å². The van der Waals surface area contributed by atoms with Crippen LogP contribution in [-0.2, 0) is 16.6 Å². The van der Waals surface area contributed by atoms with E-state index in [1.54, 1.807) is 17.8 Å². The minimum Gasteiger partial charge on any atom is -0.326 e. The molecule has 3 N–H and O–H groups in total. The quantitative estimate of drug-likeness (QED) is 0.790. The number of rotatable bonds is 6. The van der Waals surface area contributed by atoms with Crippen LogP contribution in [0.2, 0.25) is 0 Å². The van der Waals surface area contributed by atoms with Crippen molar-refractivity contribution in [3.05, 3.63) is 14.7 Å². The van der Waals surface area contributed by atoms with Gasteiger partial charge in [-0.1, -0.05) is 6.42 Å². The van der Waals surface area contributed by atoms with Crippen molar-refractivity contribution in [3.63, 3.8) is 0 Å². The zero-order valence-corrected chi connectivity index (χ0v) is 14.6. The minimum atomic E-state index is -3.46. The summed E-state index contributed by atoms with van der Waals surface area (Å²) in [5.41, 5.74) is 5.54. The molecule has 8 heteroatoms. The molecule has 0 aromatic carbocycles. The van der Waals surface area contributed by atoms with Gasteiger partial charge in [-0.25, -0.2) is 13.1 Å². The molecule has 4 nitrogen and oxygen atoms in total. The smallest absolute Gasteiger partial charge is 0.242 e. The summed E-state index contributed by atoms with van der Waals surface area (Å²) in [6, 6.07) is 1.64. The average Bonchev–Trinajstić information content (AvgIpc) is 2.70. The Labute approximate surface area is 130 Å². The van der Waals surface area contributed by atoms with Gasteiger partial charge in [0.25, 0.3) is 0 Å². The van der Waals surface area contributed by atoms with Crippen molar-refractivity contribution in [1.82, 2.24) is 4.72 Å². The van der Waals surface area contributed by atoms with E-state index in [4.69, 9.17) is 5.73 Å². The molecule has 1 aromatic rings. The van der Waals surface area contributed by atoms with Crippen LogP contribution in [0.4, 0.5) is 0 Å². The van der Waals surface area contributed by atoms with Gasteiger partial charge in [0.05, 0.1) is 3.79 Å². The minimum absolute atomic E-state index is 0.0895. The van der Waals surface area contributed by atoms with E-state index in [1.807, 2.05) is 6.26 Å². The lowest BCUT2D eigenvalue weighted by Crippen LogP contribution is -2.45. The molecule has 1 aromatic heterocycles. The maximum Gasteiger partial charge on any atom is 0.242 e. The molecule has 0 aliphatic heterocycles. The molecule has 1 saturated carbocycles. The number of nitrogens with one attached hydrogen (secondary N) is 1. The van der Waals surface area contributed by atoms with Gasteiger partial charge in [-0.05, 0) is 41.1 Å². The zero-order valence-electron chi connectivity index (χ0n) is 10.6. The Bertz CT molecular complexity index is 547. The largest absolute Gasteiger partial charge is 0.326 e. The SMILES string of the molecule is CSC1(CNS(=O)(=O)c2cc(CN)sc2Br)CCC1. The summed E-state index contributed by atoms with van der Waals surface area (Å²) in [6.07, 6.45) is 5.38. The van der Waals surface area contributed by atoms with Gasteiger partial charge in [-0.3, -0.25) is 0 Å². The Morgan fingerprint density at radius 1 is 1.58 bits per heavy atom. The monoisotopic (exact) mass is 384 g/mol. The Morgan fingerprint density at radius 2 is 2.26 bits per heavy atom. The highest BCUT2D eigenvalue weighted by molar-refractivity contribution is 9.11. The molecule has 0 bridgehead atoms. The van der Waals surface area contributed by atoms with Crippen LogP contribution < -0.4 is 10.5 Å². The molecule has 0 radical (unpaired) electrons. The van der Waals surface area contributed by atoms with Crippen molar-refractivity contribution in [2.75, 3.05) is 12.8 Å². The fraction of sp³-hybridized carbons (Fsp3) is 0.636. The highest BCUT2D eigenvalue weighted by Gasteiger charge is 2.37. The van der Waals surface area contributed by atoms with Crippen LogP contribution in [-0.4, -0.2) is 26.0 Å². The summed E-state index contributed by atoms with van der Waals surface area (Å²) in [6.45, 7) is 0.851. The Kier molecular flexibility index (Phi) is 5.01. The fourth-order valence-electron chi connectivity index (χ4n) is 2.01. The standard InChI is InChI=1S/C11H17BrN2O2S3/c1-17-11(3-2-4-11)7-14-19(15,16)9-5-8(6-13)18-10(9)12/h5,14H,2-4,6-7,13H2,1H3. The highest BCUT2D eigenvalue weighted by atomic mass is 79.9. The normalized spacial score (nSPS) is 18.3. The molecule has 108 valence electrons. The lowest BCUT2D eigenvalue weighted by atomic mass is 9.84. The van der Waals surface area contributed by atoms with Crippen LogP contribution in [0.25, 0.3) is 0 Å². The van der Waals surface area contributed by atoms with Gasteiger partial charge in [0.2, 0.25) is 10.0 Å². The molecule has 0 unspecified atom stereocenters. The van der Waals surface area contributed by atoms with Crippen molar-refractivity contribution in [3.8, 4) is 0 Å². The van der Waals surface area contributed by atoms with Crippen LogP contribution in [0.15, 0.2) is 14.7 Å². The second-order valence-electron chi connectivity index (χ2n) is 4.62. The molecule has 1 aliphatic rings. The predicted molar refractivity (Wildman–Crippen MR) is 85.2 cm³/mol. The molecule has 1 fully saturated rings. The maximum absolute atomic E-state index is 12.3. The number of nitrogens with two attached hydrogens (primary N) is 1. The first-order chi connectivity index (χ1) is 8.92. The maximum atomic E-state index is 12.3. The number of halogens is 1. The van der Waals surface area contributed by atoms with Gasteiger partial charge in [0.1, 0.15) is 4.90 Å². The number of sulfonamides is 1. The lowest BCUT2D eigenvalue weighted by molar-refractivity contribution is 0.362. The van der Waals surface area contributed by atoms with Crippen LogP contribution in [0, 0.1) is 0 Å². The number of hydrogen-bond donors (Lipinski definition) is 2. The third kappa shape index (κ3) is 3.36. The fourth-order valence-corrected chi connectivity index (χ4v) is 6.70. The van der Waals surface area contributed by atoms with Gasteiger partial charge in [-0.2, -0.15) is 11.8 Å². The van der Waals surface area contributed by atoms with E-state index in [0.29, 0.717) is 21.8 Å². The Balaban J connectivity index is 2.11. The molecule has 19 heavy (non-hydrogen) atoms. The molecule has 1 heterocycles. The second kappa shape index (κ2) is 6.03. The van der Waals surface area contributed by atoms with Gasteiger partial charge in [0, 0.05) is 22.7 Å². The van der Waals surface area contributed by atoms with Gasteiger partial charge < -0.3 is 5.73 Å². The van der Waals surface area contributed by atoms with E-state index in [0.717, 1.165) is 17.7 Å². The second-order valence-corrected chi connectivity index (χ2v) is 10.1. The third-order valence-electron chi connectivity index (χ3n) is 3.48. The number of thioether (sulfide) groups is 1. The van der Waals surface area contributed by atoms with Gasteiger partial charge >= 0.3 is 0 Å². The third-order valence-corrected chi connectivity index (χ3v) is 8.57. The summed E-state index contributed by atoms with van der Waals surface area (Å²) in [5.74, 6) is 0. The summed E-state index contributed by atoms with van der Waals surface area (Å²) in [5, 5.41) is 0. The topological polar surface area (TPSA) is 72.2 Å². The van der Waals surface area contributed by atoms with Crippen LogP contribution in [0.5, 0.6) is 0 Å². The first kappa shape index (κ1) is 15.8. The molecule has 0 saturated heterocycles. The van der Waals surface area contributed by atoms with E-state index in [9.17, 15) is 8.42 Å². The molecule has 1 aliphatic carbocycles. The zero-order chi connectivity index (χ0) is 14.1. The highest BCUT2D eigenvalue weighted by Crippen LogP contribution is 2.42. The van der Waals surface area contributed by atoms with E-state index in [-0.39, 0.29) is 4.75 Å². The van der Waals surface area contributed by atoms with Gasteiger partial charge in [-0.15, -0.1) is 11.3 Å². The molecular weight excluding hydrogens is 368 g/mol. The van der Waals surface area contributed by atoms with E-state index in [2.05, 4.69) is 20.7 Å². The van der Waals surface area contributed by atoms with Crippen molar-refractivity contribution >= 4 is 49.1 Å². The van der Waals surface area contributed by atoms with E-state index < -0.39 is 10.0 Å². The summed E-state index contributed by atoms with van der Waals surface area (Å²) >= 11 is 6.42. The molecular formula is C11H17BrN2O2S3. The first-order valence-electron chi connectivity index (χ1n) is 5.95. The molecule has 2 rings (SSSR count). The first-order valence-corrected chi connectivity index (χ1v) is 10.3. The summed E-state index contributed by atoms with van der Waals surface area (Å²) in [4.78, 5) is 1.16. The average molecular weight is 385 g/mol. The molecule has 0 amide bonds. The number of hydrogen-bond acceptors (Lipinski definition) is 5. The van der Waals surface area contributed by atoms with Crippen LogP contribution in [0.1, 0.15) is 24.1 Å². The van der Waals surface area contributed by atoms with Gasteiger partial charge in [0.15, 0.2) is 0 Å². The van der Waals surface area contributed by atoms with Crippen LogP contribution >= 0.6 is 39.0 Å². The van der Waals surface area contributed by atoms with Crippen LogP contribution in [0.3, 0.4) is 0 Å². The lowest BCUT2D eigenvalue weighted by Gasteiger charge is -2.40. The van der Waals surface area contributed by atoms with E-state index in [1.165, 1.54) is 17.8 Å². The van der Waals surface area contributed by atoms with Crippen molar-refractivity contribution in [2.45, 2.75) is 35.4 Å². The summed E-state index contributed by atoms with van der Waals surface area (Å²) < 4.78 is 28.0. The number of thiophene rings is 1. The Morgan fingerprint density at radius 3 is 2.68 bits per heavy atom. The Hall–Kier alpha value is 0.400. The van der Waals surface area contributed by atoms with E-state index >= 15 is 0 Å².